The second kappa shape index (κ2) is 5.24. The van der Waals surface area contributed by atoms with E-state index in [2.05, 4.69) is 10.3 Å². The summed E-state index contributed by atoms with van der Waals surface area (Å²) in [5.41, 5.74) is 1.29. The van der Waals surface area contributed by atoms with Gasteiger partial charge in [-0.15, -0.1) is 0 Å². The highest BCUT2D eigenvalue weighted by molar-refractivity contribution is 5.12. The van der Waals surface area contributed by atoms with Crippen molar-refractivity contribution in [3.63, 3.8) is 0 Å². The molecule has 0 radical (unpaired) electrons. The van der Waals surface area contributed by atoms with E-state index < -0.39 is 0 Å². The largest absolute Gasteiger partial charge is 0.396 e. The van der Waals surface area contributed by atoms with Crippen molar-refractivity contribution in [1.82, 2.24) is 10.3 Å². The number of pyridine rings is 1. The summed E-state index contributed by atoms with van der Waals surface area (Å²) in [6.07, 6.45) is 6.96. The van der Waals surface area contributed by atoms with Crippen LogP contribution in [0.1, 0.15) is 18.4 Å². The van der Waals surface area contributed by atoms with Crippen LogP contribution in [0.4, 0.5) is 0 Å². The lowest BCUT2D eigenvalue weighted by atomic mass is 9.88. The molecule has 0 aromatic carbocycles. The Morgan fingerprint density at radius 2 is 2.20 bits per heavy atom. The van der Waals surface area contributed by atoms with Gasteiger partial charge in [-0.25, -0.2) is 0 Å². The fourth-order valence-electron chi connectivity index (χ4n) is 2.25. The van der Waals surface area contributed by atoms with Crippen molar-refractivity contribution in [1.29, 1.82) is 0 Å². The van der Waals surface area contributed by atoms with Crippen LogP contribution in [0.3, 0.4) is 0 Å². The van der Waals surface area contributed by atoms with Gasteiger partial charge < -0.3 is 10.4 Å². The third-order valence-corrected chi connectivity index (χ3v) is 3.17. The molecule has 0 amide bonds. The highest BCUT2D eigenvalue weighted by Crippen LogP contribution is 2.19. The second-order valence-electron chi connectivity index (χ2n) is 4.21. The van der Waals surface area contributed by atoms with Crippen molar-refractivity contribution >= 4 is 0 Å². The van der Waals surface area contributed by atoms with E-state index in [0.29, 0.717) is 18.6 Å². The van der Waals surface area contributed by atoms with Crippen molar-refractivity contribution < 1.29 is 5.11 Å². The summed E-state index contributed by atoms with van der Waals surface area (Å²) in [7, 11) is 0. The molecule has 1 fully saturated rings. The fourth-order valence-corrected chi connectivity index (χ4v) is 2.25. The van der Waals surface area contributed by atoms with Crippen LogP contribution in [0.2, 0.25) is 0 Å². The topological polar surface area (TPSA) is 45.1 Å². The molecule has 2 N–H and O–H groups in total. The number of hydrogen-bond acceptors (Lipinski definition) is 3. The van der Waals surface area contributed by atoms with Crippen molar-refractivity contribution in [2.75, 3.05) is 13.2 Å². The molecule has 1 aromatic rings. The van der Waals surface area contributed by atoms with Gasteiger partial charge in [0, 0.05) is 25.0 Å². The fraction of sp³-hybridized carbons (Fsp3) is 0.583. The van der Waals surface area contributed by atoms with Crippen LogP contribution in [-0.4, -0.2) is 29.3 Å². The molecule has 0 aliphatic carbocycles. The van der Waals surface area contributed by atoms with Gasteiger partial charge in [0.2, 0.25) is 0 Å². The van der Waals surface area contributed by atoms with Crippen molar-refractivity contribution in [2.45, 2.75) is 25.3 Å². The Morgan fingerprint density at radius 3 is 2.93 bits per heavy atom. The first kappa shape index (κ1) is 10.6. The lowest BCUT2D eigenvalue weighted by Crippen LogP contribution is -2.44. The SMILES string of the molecule is OCC1CCCNC1Cc1ccncc1. The third kappa shape index (κ3) is 2.76. The van der Waals surface area contributed by atoms with Gasteiger partial charge in [0.15, 0.2) is 0 Å². The molecule has 3 heteroatoms. The summed E-state index contributed by atoms with van der Waals surface area (Å²) < 4.78 is 0. The molecule has 2 rings (SSSR count). The van der Waals surface area contributed by atoms with Gasteiger partial charge >= 0.3 is 0 Å². The van der Waals surface area contributed by atoms with Gasteiger partial charge in [-0.05, 0) is 49.4 Å². The molecule has 82 valence electrons. The third-order valence-electron chi connectivity index (χ3n) is 3.17. The number of nitrogens with one attached hydrogen (secondary N) is 1. The maximum absolute atomic E-state index is 9.29. The van der Waals surface area contributed by atoms with E-state index in [9.17, 15) is 5.11 Å². The summed E-state index contributed by atoms with van der Waals surface area (Å²) in [6, 6.07) is 4.52. The average molecular weight is 206 g/mol. The first-order chi connectivity index (χ1) is 7.40. The van der Waals surface area contributed by atoms with E-state index in [-0.39, 0.29) is 0 Å². The Hall–Kier alpha value is -0.930. The summed E-state index contributed by atoms with van der Waals surface area (Å²) in [6.45, 7) is 1.37. The average Bonchev–Trinajstić information content (AvgIpc) is 2.31. The smallest absolute Gasteiger partial charge is 0.0474 e. The van der Waals surface area contributed by atoms with Crippen LogP contribution in [0.15, 0.2) is 24.5 Å². The summed E-state index contributed by atoms with van der Waals surface area (Å²) >= 11 is 0. The molecule has 1 aromatic heterocycles. The molecule has 3 nitrogen and oxygen atoms in total. The number of nitrogens with zero attached hydrogens (tertiary/aromatic N) is 1. The molecule has 2 unspecified atom stereocenters. The highest BCUT2D eigenvalue weighted by atomic mass is 16.3. The molecule has 0 bridgehead atoms. The molecule has 2 atom stereocenters. The van der Waals surface area contributed by atoms with E-state index in [4.69, 9.17) is 0 Å². The Bertz CT molecular complexity index is 289. The van der Waals surface area contributed by atoms with Crippen molar-refractivity contribution in [2.24, 2.45) is 5.92 Å². The predicted octanol–water partition coefficient (Wildman–Crippen LogP) is 0.985. The zero-order valence-electron chi connectivity index (χ0n) is 8.89. The normalized spacial score (nSPS) is 26.5. The Morgan fingerprint density at radius 1 is 1.40 bits per heavy atom. The van der Waals surface area contributed by atoms with Crippen LogP contribution >= 0.6 is 0 Å². The lowest BCUT2D eigenvalue weighted by Gasteiger charge is -2.31. The van der Waals surface area contributed by atoms with Crippen LogP contribution in [-0.2, 0) is 6.42 Å². The minimum atomic E-state index is 0.294. The molecule has 1 aliphatic rings. The Balaban J connectivity index is 1.97. The van der Waals surface area contributed by atoms with Gasteiger partial charge in [-0.3, -0.25) is 4.98 Å². The first-order valence-corrected chi connectivity index (χ1v) is 5.63. The summed E-state index contributed by atoms with van der Waals surface area (Å²) in [4.78, 5) is 4.01. The van der Waals surface area contributed by atoms with Crippen LogP contribution in [0.5, 0.6) is 0 Å². The van der Waals surface area contributed by atoms with Gasteiger partial charge in [0.1, 0.15) is 0 Å². The number of rotatable bonds is 3. The number of aliphatic hydroxyl groups excluding tert-OH is 1. The number of aromatic nitrogens is 1. The van der Waals surface area contributed by atoms with E-state index in [1.165, 1.54) is 12.0 Å². The Kier molecular flexibility index (Phi) is 3.69. The van der Waals surface area contributed by atoms with E-state index in [1.54, 1.807) is 0 Å². The zero-order valence-corrected chi connectivity index (χ0v) is 8.89. The molecule has 1 aliphatic heterocycles. The van der Waals surface area contributed by atoms with Crippen LogP contribution < -0.4 is 5.32 Å². The molecule has 15 heavy (non-hydrogen) atoms. The second-order valence-corrected chi connectivity index (χ2v) is 4.21. The standard InChI is InChI=1S/C12H18N2O/c15-9-11-2-1-5-14-12(11)8-10-3-6-13-7-4-10/h3-4,6-7,11-12,14-15H,1-2,5,8-9H2. The van der Waals surface area contributed by atoms with Crippen LogP contribution in [0, 0.1) is 5.92 Å². The quantitative estimate of drug-likeness (QED) is 0.775. The van der Waals surface area contributed by atoms with Gasteiger partial charge in [0.05, 0.1) is 0 Å². The number of aliphatic hydroxyl groups is 1. The van der Waals surface area contributed by atoms with E-state index in [0.717, 1.165) is 19.4 Å². The Labute approximate surface area is 90.5 Å². The number of piperidine rings is 1. The van der Waals surface area contributed by atoms with E-state index >= 15 is 0 Å². The van der Waals surface area contributed by atoms with Gasteiger partial charge in [-0.2, -0.15) is 0 Å². The van der Waals surface area contributed by atoms with Gasteiger partial charge in [0.25, 0.3) is 0 Å². The molecule has 0 spiro atoms. The van der Waals surface area contributed by atoms with Crippen molar-refractivity contribution in [3.8, 4) is 0 Å². The van der Waals surface area contributed by atoms with Crippen LogP contribution in [0.25, 0.3) is 0 Å². The zero-order chi connectivity index (χ0) is 10.5. The minimum absolute atomic E-state index is 0.294. The maximum Gasteiger partial charge on any atom is 0.0474 e. The monoisotopic (exact) mass is 206 g/mol. The molecule has 1 saturated heterocycles. The molecule has 2 heterocycles. The summed E-state index contributed by atoms with van der Waals surface area (Å²) in [5, 5.41) is 12.8. The van der Waals surface area contributed by atoms with Gasteiger partial charge in [-0.1, -0.05) is 0 Å². The number of hydrogen-bond donors (Lipinski definition) is 2. The minimum Gasteiger partial charge on any atom is -0.396 e. The maximum atomic E-state index is 9.29. The lowest BCUT2D eigenvalue weighted by molar-refractivity contribution is 0.159. The molecule has 0 saturated carbocycles. The van der Waals surface area contributed by atoms with E-state index in [1.807, 2.05) is 24.5 Å². The highest BCUT2D eigenvalue weighted by Gasteiger charge is 2.23. The molecular weight excluding hydrogens is 188 g/mol. The molecular formula is C12H18N2O. The first-order valence-electron chi connectivity index (χ1n) is 5.63. The predicted molar refractivity (Wildman–Crippen MR) is 59.5 cm³/mol. The van der Waals surface area contributed by atoms with Crippen molar-refractivity contribution in [3.05, 3.63) is 30.1 Å². The summed E-state index contributed by atoms with van der Waals surface area (Å²) in [5.74, 6) is 0.409.